The highest BCUT2D eigenvalue weighted by atomic mass is 19.1. The first-order valence-electron chi connectivity index (χ1n) is 4.07. The van der Waals surface area contributed by atoms with Crippen molar-refractivity contribution in [2.24, 2.45) is 0 Å². The Morgan fingerprint density at radius 2 is 2.17 bits per heavy atom. The van der Waals surface area contributed by atoms with E-state index < -0.39 is 0 Å². The molecule has 62 valence electrons. The van der Waals surface area contributed by atoms with E-state index in [1.807, 2.05) is 19.2 Å². The molecule has 0 saturated heterocycles. The van der Waals surface area contributed by atoms with Crippen molar-refractivity contribution in [1.82, 2.24) is 4.98 Å². The van der Waals surface area contributed by atoms with E-state index in [-0.39, 0.29) is 5.82 Å². The third-order valence-corrected chi connectivity index (χ3v) is 2.14. The largest absolute Gasteiger partial charge is 0.361 e. The minimum Gasteiger partial charge on any atom is -0.361 e. The summed E-state index contributed by atoms with van der Waals surface area (Å²) in [6.07, 6.45) is 2.57. The molecule has 2 heteroatoms. The molecule has 0 unspecified atom stereocenters. The summed E-state index contributed by atoms with van der Waals surface area (Å²) in [5.74, 6) is -0.107. The molecule has 0 atom stereocenters. The van der Waals surface area contributed by atoms with E-state index in [0.717, 1.165) is 22.9 Å². The van der Waals surface area contributed by atoms with Crippen LogP contribution in [-0.4, -0.2) is 4.98 Å². The number of fused-ring (bicyclic) bond motifs is 1. The van der Waals surface area contributed by atoms with Crippen LogP contribution >= 0.6 is 0 Å². The highest BCUT2D eigenvalue weighted by molar-refractivity contribution is 5.83. The number of hydrogen-bond donors (Lipinski definition) is 1. The van der Waals surface area contributed by atoms with Crippen LogP contribution < -0.4 is 0 Å². The number of hydrogen-bond acceptors (Lipinski definition) is 0. The molecule has 0 fully saturated rings. The van der Waals surface area contributed by atoms with E-state index in [9.17, 15) is 4.39 Å². The minimum absolute atomic E-state index is 0.107. The van der Waals surface area contributed by atoms with Gasteiger partial charge in [0.25, 0.3) is 0 Å². The zero-order chi connectivity index (χ0) is 8.55. The Morgan fingerprint density at radius 1 is 1.33 bits per heavy atom. The van der Waals surface area contributed by atoms with Gasteiger partial charge >= 0.3 is 0 Å². The van der Waals surface area contributed by atoms with Crippen molar-refractivity contribution >= 4 is 10.9 Å². The Kier molecular flexibility index (Phi) is 1.61. The Labute approximate surface area is 70.2 Å². The van der Waals surface area contributed by atoms with Crippen molar-refractivity contribution in [3.63, 3.8) is 0 Å². The second-order valence-electron chi connectivity index (χ2n) is 2.82. The maximum atomic E-state index is 13.2. The number of aromatic nitrogens is 1. The van der Waals surface area contributed by atoms with Crippen LogP contribution in [0.1, 0.15) is 12.5 Å². The van der Waals surface area contributed by atoms with Crippen LogP contribution in [0.3, 0.4) is 0 Å². The van der Waals surface area contributed by atoms with Gasteiger partial charge in [0, 0.05) is 17.1 Å². The molecule has 1 aromatic carbocycles. The fourth-order valence-corrected chi connectivity index (χ4v) is 1.53. The SMILES string of the molecule is CCc1c(F)ccc2[nH]ccc12. The Morgan fingerprint density at radius 3 is 2.92 bits per heavy atom. The summed E-state index contributed by atoms with van der Waals surface area (Å²) in [7, 11) is 0. The first-order chi connectivity index (χ1) is 5.83. The molecule has 0 aliphatic rings. The van der Waals surface area contributed by atoms with Crippen LogP contribution in [-0.2, 0) is 6.42 Å². The second kappa shape index (κ2) is 2.63. The Hall–Kier alpha value is -1.31. The number of rotatable bonds is 1. The van der Waals surface area contributed by atoms with Crippen LogP contribution in [0.2, 0.25) is 0 Å². The van der Waals surface area contributed by atoms with Crippen LogP contribution in [0.4, 0.5) is 4.39 Å². The lowest BCUT2D eigenvalue weighted by Gasteiger charge is -2.00. The van der Waals surface area contributed by atoms with E-state index in [1.165, 1.54) is 6.07 Å². The van der Waals surface area contributed by atoms with E-state index in [1.54, 1.807) is 6.07 Å². The molecular formula is C10H10FN. The van der Waals surface area contributed by atoms with Gasteiger partial charge in [-0.25, -0.2) is 4.39 Å². The van der Waals surface area contributed by atoms with Crippen LogP contribution in [0.5, 0.6) is 0 Å². The molecular weight excluding hydrogens is 153 g/mol. The number of aromatic amines is 1. The van der Waals surface area contributed by atoms with Crippen molar-refractivity contribution in [2.75, 3.05) is 0 Å². The zero-order valence-electron chi connectivity index (χ0n) is 6.89. The Bertz CT molecular complexity index is 403. The number of aryl methyl sites for hydroxylation is 1. The van der Waals surface area contributed by atoms with Crippen molar-refractivity contribution < 1.29 is 4.39 Å². The summed E-state index contributed by atoms with van der Waals surface area (Å²) in [5.41, 5.74) is 1.81. The standard InChI is InChI=1S/C10H10FN/c1-2-7-8-5-6-12-10(8)4-3-9(7)11/h3-6,12H,2H2,1H3. The summed E-state index contributed by atoms with van der Waals surface area (Å²) in [5, 5.41) is 0.998. The number of H-pyrrole nitrogens is 1. The smallest absolute Gasteiger partial charge is 0.127 e. The van der Waals surface area contributed by atoms with Crippen LogP contribution in [0.15, 0.2) is 24.4 Å². The maximum Gasteiger partial charge on any atom is 0.127 e. The van der Waals surface area contributed by atoms with Crippen LogP contribution in [0, 0.1) is 5.82 Å². The summed E-state index contributed by atoms with van der Waals surface area (Å²) < 4.78 is 13.2. The molecule has 0 radical (unpaired) electrons. The molecule has 0 amide bonds. The molecule has 1 heterocycles. The average Bonchev–Trinajstić information content (AvgIpc) is 2.52. The first kappa shape index (κ1) is 7.35. The lowest BCUT2D eigenvalue weighted by molar-refractivity contribution is 0.615. The third kappa shape index (κ3) is 0.916. The summed E-state index contributed by atoms with van der Waals surface area (Å²) >= 11 is 0. The molecule has 0 spiro atoms. The lowest BCUT2D eigenvalue weighted by atomic mass is 10.1. The summed E-state index contributed by atoms with van der Waals surface area (Å²) in [6, 6.07) is 5.19. The van der Waals surface area contributed by atoms with E-state index in [0.29, 0.717) is 0 Å². The molecule has 1 nitrogen and oxygen atoms in total. The van der Waals surface area contributed by atoms with E-state index in [4.69, 9.17) is 0 Å². The van der Waals surface area contributed by atoms with Crippen LogP contribution in [0.25, 0.3) is 10.9 Å². The summed E-state index contributed by atoms with van der Waals surface area (Å²) in [6.45, 7) is 1.96. The van der Waals surface area contributed by atoms with Gasteiger partial charge in [0.15, 0.2) is 0 Å². The zero-order valence-corrected chi connectivity index (χ0v) is 6.89. The van der Waals surface area contributed by atoms with Gasteiger partial charge in [-0.1, -0.05) is 6.92 Å². The van der Waals surface area contributed by atoms with Gasteiger partial charge in [-0.3, -0.25) is 0 Å². The van der Waals surface area contributed by atoms with Crippen molar-refractivity contribution in [1.29, 1.82) is 0 Å². The fourth-order valence-electron chi connectivity index (χ4n) is 1.53. The monoisotopic (exact) mass is 163 g/mol. The molecule has 0 saturated carbocycles. The second-order valence-corrected chi connectivity index (χ2v) is 2.82. The molecule has 12 heavy (non-hydrogen) atoms. The molecule has 0 bridgehead atoms. The normalized spacial score (nSPS) is 10.8. The quantitative estimate of drug-likeness (QED) is 0.665. The fraction of sp³-hybridized carbons (Fsp3) is 0.200. The molecule has 2 aromatic rings. The average molecular weight is 163 g/mol. The number of nitrogens with one attached hydrogen (secondary N) is 1. The van der Waals surface area contributed by atoms with Crippen molar-refractivity contribution in [2.45, 2.75) is 13.3 Å². The minimum atomic E-state index is -0.107. The maximum absolute atomic E-state index is 13.2. The van der Waals surface area contributed by atoms with Gasteiger partial charge in [-0.15, -0.1) is 0 Å². The number of halogens is 1. The lowest BCUT2D eigenvalue weighted by Crippen LogP contribution is -1.87. The van der Waals surface area contributed by atoms with E-state index in [2.05, 4.69) is 4.98 Å². The highest BCUT2D eigenvalue weighted by Gasteiger charge is 2.04. The predicted molar refractivity (Wildman–Crippen MR) is 47.6 cm³/mol. The molecule has 1 aromatic heterocycles. The Balaban J connectivity index is 2.83. The van der Waals surface area contributed by atoms with Gasteiger partial charge in [-0.2, -0.15) is 0 Å². The van der Waals surface area contributed by atoms with Gasteiger partial charge in [-0.05, 0) is 30.2 Å². The molecule has 2 rings (SSSR count). The molecule has 1 N–H and O–H groups in total. The molecule has 0 aliphatic heterocycles. The molecule has 0 aliphatic carbocycles. The van der Waals surface area contributed by atoms with Gasteiger partial charge in [0.1, 0.15) is 5.82 Å². The first-order valence-corrected chi connectivity index (χ1v) is 4.07. The summed E-state index contributed by atoms with van der Waals surface area (Å²) in [4.78, 5) is 3.05. The number of benzene rings is 1. The van der Waals surface area contributed by atoms with Gasteiger partial charge in [0.05, 0.1) is 0 Å². The van der Waals surface area contributed by atoms with Crippen molar-refractivity contribution in [3.05, 3.63) is 35.8 Å². The topological polar surface area (TPSA) is 15.8 Å². The van der Waals surface area contributed by atoms with Gasteiger partial charge < -0.3 is 4.98 Å². The van der Waals surface area contributed by atoms with Gasteiger partial charge in [0.2, 0.25) is 0 Å². The highest BCUT2D eigenvalue weighted by Crippen LogP contribution is 2.20. The predicted octanol–water partition coefficient (Wildman–Crippen LogP) is 2.87. The third-order valence-electron chi connectivity index (χ3n) is 2.14. The van der Waals surface area contributed by atoms with Crippen molar-refractivity contribution in [3.8, 4) is 0 Å². The van der Waals surface area contributed by atoms with E-state index >= 15 is 0 Å².